The zero-order valence-electron chi connectivity index (χ0n) is 44.1. The molecule has 2 saturated heterocycles. The lowest BCUT2D eigenvalue weighted by molar-refractivity contribution is -0.150. The maximum atomic E-state index is 15.2. The molecule has 1 aromatic heterocycles. The number of ether oxygens (including phenoxy) is 1. The Morgan fingerprint density at radius 1 is 0.900 bits per heavy atom. The van der Waals surface area contributed by atoms with E-state index in [9.17, 15) is 56.7 Å². The first-order valence-corrected chi connectivity index (χ1v) is 28.7. The number of hydrogen-bond acceptors (Lipinski definition) is 11. The number of alkyl halides is 2. The molecule has 418 valence electrons. The molecule has 5 N–H and O–H groups in total. The van der Waals surface area contributed by atoms with Crippen molar-refractivity contribution < 1.29 is 66.2 Å². The Kier molecular flexibility index (Phi) is 16.6. The van der Waals surface area contributed by atoms with Gasteiger partial charge in [0.1, 0.15) is 23.9 Å². The number of halogens is 2. The van der Waals surface area contributed by atoms with E-state index in [4.69, 9.17) is 4.74 Å². The largest absolute Gasteiger partial charge is 0.484 e. The number of carbonyl (C=O) groups excluding carboxylic acids is 8. The normalized spacial score (nSPS) is 18.9. The fourth-order valence-electron chi connectivity index (χ4n) is 10.5. The number of amides is 8. The summed E-state index contributed by atoms with van der Waals surface area (Å²) < 4.78 is 47.3. The van der Waals surface area contributed by atoms with E-state index in [1.54, 1.807) is 43.9 Å². The van der Waals surface area contributed by atoms with E-state index in [0.717, 1.165) is 52.3 Å². The van der Waals surface area contributed by atoms with Crippen molar-refractivity contribution in [2.75, 3.05) is 26.2 Å². The van der Waals surface area contributed by atoms with Crippen LogP contribution >= 0.6 is 18.9 Å². The number of unbranched alkanes of at least 4 members (excludes halogenated alkanes) is 2. The maximum Gasteiger partial charge on any atom is 0.399 e. The number of carbonyl (C=O) groups is 8. The maximum absolute atomic E-state index is 15.2. The molecule has 80 heavy (non-hydrogen) atoms. The monoisotopic (exact) mass is 1130 g/mol. The highest BCUT2D eigenvalue weighted by molar-refractivity contribution is 7.52. The minimum Gasteiger partial charge on any atom is -0.484 e. The lowest BCUT2D eigenvalue weighted by Gasteiger charge is -2.43. The van der Waals surface area contributed by atoms with Gasteiger partial charge in [0.05, 0.1) is 16.0 Å². The Balaban J connectivity index is 0.836. The number of hydrogen-bond donors (Lipinski definition) is 5. The number of nitrogens with one attached hydrogen (secondary N) is 3. The van der Waals surface area contributed by atoms with Crippen molar-refractivity contribution in [3.63, 3.8) is 0 Å². The summed E-state index contributed by atoms with van der Waals surface area (Å²) in [7, 11) is -5.86. The molecule has 2 fully saturated rings. The quantitative estimate of drug-likeness (QED) is 0.0316. The van der Waals surface area contributed by atoms with Crippen molar-refractivity contribution in [3.8, 4) is 17.6 Å². The molecule has 4 atom stereocenters. The van der Waals surface area contributed by atoms with E-state index in [1.807, 2.05) is 36.4 Å². The second-order valence-corrected chi connectivity index (χ2v) is 24.2. The summed E-state index contributed by atoms with van der Waals surface area (Å²) in [6.07, 6.45) is 3.56. The van der Waals surface area contributed by atoms with Gasteiger partial charge >= 0.3 is 13.3 Å². The summed E-state index contributed by atoms with van der Waals surface area (Å²) in [6.45, 7) is 6.22. The number of rotatable bonds is 15. The van der Waals surface area contributed by atoms with E-state index < -0.39 is 77.8 Å². The Morgan fingerprint density at radius 3 is 2.40 bits per heavy atom. The van der Waals surface area contributed by atoms with Crippen LogP contribution in [0.2, 0.25) is 0 Å². The van der Waals surface area contributed by atoms with Crippen LogP contribution < -0.4 is 20.7 Å². The van der Waals surface area contributed by atoms with Crippen LogP contribution in [0.4, 0.5) is 8.78 Å². The van der Waals surface area contributed by atoms with Crippen molar-refractivity contribution >= 4 is 76.3 Å². The molecular formula is C58H59F2N6O12PS. The highest BCUT2D eigenvalue weighted by Gasteiger charge is 2.51. The molecule has 18 nitrogen and oxygen atoms in total. The molecule has 0 bridgehead atoms. The second-order valence-electron chi connectivity index (χ2n) is 21.5. The SMILES string of the molecule is CC(C)(C)[C@H](NC(=O)c1cc2cc(C(F)(F)P(=O)(O)O)ccc2s1)C(=O)N1Cc2cc(OCC(=O)NCCCCC#Cc3ccc4c(c3)C(=O)N(C3CCC(=O)NC3=O)C4=O)ccc2C[C@H]1C(=O)N1CCCC(c2ccccc2)C1. The molecule has 8 amide bonds. The van der Waals surface area contributed by atoms with Gasteiger partial charge in [0.15, 0.2) is 6.61 Å². The molecule has 9 rings (SSSR count). The highest BCUT2D eigenvalue weighted by atomic mass is 32.1. The fraction of sp³-hybridized carbons (Fsp3) is 0.379. The zero-order valence-corrected chi connectivity index (χ0v) is 45.8. The Bertz CT molecular complexity index is 3440. The predicted molar refractivity (Wildman–Crippen MR) is 290 cm³/mol. The molecular weight excluding hydrogens is 1070 g/mol. The van der Waals surface area contributed by atoms with Crippen LogP contribution in [0.15, 0.2) is 91.0 Å². The third-order valence-electron chi connectivity index (χ3n) is 14.8. The van der Waals surface area contributed by atoms with Crippen LogP contribution in [0.3, 0.4) is 0 Å². The highest BCUT2D eigenvalue weighted by Crippen LogP contribution is 2.59. The van der Waals surface area contributed by atoms with E-state index in [-0.39, 0.29) is 71.5 Å². The van der Waals surface area contributed by atoms with Gasteiger partial charge in [0, 0.05) is 67.2 Å². The Labute approximate surface area is 463 Å². The van der Waals surface area contributed by atoms with E-state index in [1.165, 1.54) is 29.2 Å². The number of imide groups is 2. The molecule has 4 aromatic carbocycles. The molecule has 4 aliphatic rings. The van der Waals surface area contributed by atoms with E-state index >= 15 is 4.79 Å². The fourth-order valence-corrected chi connectivity index (χ4v) is 11.9. The standard InChI is InChI=1S/C58H59F2N6O12PS/c1-57(2,3)50(63-52(70)47-30-38-27-40(18-22-46(38)80-47)58(59,60)79(75,76)77)56(74)65-32-39-28-41(19-17-36(39)29-45(65)55(73)64-25-11-15-37(31-64)35-13-8-6-9-14-35)78-33-49(68)61-24-10-5-4-7-12-34-16-20-42-43(26-34)54(72)66(53(42)71)44-21-23-48(67)62-51(44)69/h6,8-9,13-14,16-20,22,26-28,30,37,44-45,50H,4-5,10-11,15,21,23-25,29,31-33H2,1-3H3,(H,61,68)(H,63,70)(H,62,67,69)(H2,75,76,77)/t37?,44?,45-,50+/m0/s1. The first-order valence-electron chi connectivity index (χ1n) is 26.3. The topological polar surface area (TPSA) is 249 Å². The molecule has 4 aliphatic heterocycles. The molecule has 5 aromatic rings. The summed E-state index contributed by atoms with van der Waals surface area (Å²) >= 11 is 0.953. The minimum atomic E-state index is -5.86. The first kappa shape index (κ1) is 57.1. The molecule has 0 saturated carbocycles. The van der Waals surface area contributed by atoms with Gasteiger partial charge in [-0.25, -0.2) is 0 Å². The number of nitrogens with zero attached hydrogens (tertiary/aromatic N) is 3. The van der Waals surface area contributed by atoms with E-state index in [2.05, 4.69) is 27.8 Å². The van der Waals surface area contributed by atoms with Crippen LogP contribution in [-0.4, -0.2) is 116 Å². The minimum absolute atomic E-state index is 0.0194. The van der Waals surface area contributed by atoms with Gasteiger partial charge in [-0.15, -0.1) is 11.3 Å². The van der Waals surface area contributed by atoms with Crippen molar-refractivity contribution in [3.05, 3.63) is 135 Å². The summed E-state index contributed by atoms with van der Waals surface area (Å²) in [6, 6.07) is 21.0. The van der Waals surface area contributed by atoms with Crippen molar-refractivity contribution in [2.24, 2.45) is 5.41 Å². The number of thiophene rings is 1. The number of piperidine rings is 2. The van der Waals surface area contributed by atoms with Crippen molar-refractivity contribution in [1.82, 2.24) is 30.7 Å². The zero-order chi connectivity index (χ0) is 57.3. The summed E-state index contributed by atoms with van der Waals surface area (Å²) in [5, 5.41) is 8.03. The van der Waals surface area contributed by atoms with Gasteiger partial charge in [-0.2, -0.15) is 8.78 Å². The summed E-state index contributed by atoms with van der Waals surface area (Å²) in [5.41, 5.74) is -2.92. The Morgan fingerprint density at radius 2 is 1.66 bits per heavy atom. The smallest absolute Gasteiger partial charge is 0.399 e. The predicted octanol–water partition coefficient (Wildman–Crippen LogP) is 6.75. The van der Waals surface area contributed by atoms with Gasteiger partial charge in [0.25, 0.3) is 23.6 Å². The summed E-state index contributed by atoms with van der Waals surface area (Å²) in [5.74, 6) is 2.28. The second kappa shape index (κ2) is 23.2. The van der Waals surface area contributed by atoms with Gasteiger partial charge in [-0.05, 0) is 108 Å². The molecule has 0 radical (unpaired) electrons. The molecule has 22 heteroatoms. The van der Waals surface area contributed by atoms with E-state index in [0.29, 0.717) is 60.5 Å². The van der Waals surface area contributed by atoms with Crippen LogP contribution in [0, 0.1) is 17.3 Å². The molecule has 0 spiro atoms. The van der Waals surface area contributed by atoms with Gasteiger partial charge in [-0.3, -0.25) is 53.1 Å². The van der Waals surface area contributed by atoms with Gasteiger partial charge < -0.3 is 35.0 Å². The number of benzene rings is 4. The third-order valence-corrected chi connectivity index (χ3v) is 16.9. The molecule has 2 unspecified atom stereocenters. The van der Waals surface area contributed by atoms with Crippen LogP contribution in [0.1, 0.15) is 130 Å². The average molecular weight is 1130 g/mol. The lowest BCUT2D eigenvalue weighted by Crippen LogP contribution is -2.61. The van der Waals surface area contributed by atoms with Crippen molar-refractivity contribution in [2.45, 2.75) is 108 Å². The van der Waals surface area contributed by atoms with Crippen molar-refractivity contribution in [1.29, 1.82) is 0 Å². The number of likely N-dealkylation sites (tertiary alicyclic amines) is 1. The molecule has 5 heterocycles. The van der Waals surface area contributed by atoms with Gasteiger partial charge in [-0.1, -0.05) is 75.1 Å². The number of fused-ring (bicyclic) bond motifs is 3. The Hall–Kier alpha value is -7.63. The lowest BCUT2D eigenvalue weighted by atomic mass is 9.83. The van der Waals surface area contributed by atoms with Crippen LogP contribution in [0.25, 0.3) is 10.1 Å². The third kappa shape index (κ3) is 12.2. The van der Waals surface area contributed by atoms with Gasteiger partial charge in [0.2, 0.25) is 23.6 Å². The average Bonchev–Trinajstić information content (AvgIpc) is 3.97. The molecule has 0 aliphatic carbocycles. The summed E-state index contributed by atoms with van der Waals surface area (Å²) in [4.78, 5) is 130. The van der Waals surface area contributed by atoms with Crippen LogP contribution in [-0.2, 0) is 47.2 Å². The van der Waals surface area contributed by atoms with Crippen LogP contribution in [0.5, 0.6) is 5.75 Å². The first-order chi connectivity index (χ1) is 38.0.